The third-order valence-corrected chi connectivity index (χ3v) is 2.02. The van der Waals surface area contributed by atoms with Crippen LogP contribution in [0.5, 0.6) is 0 Å². The molecule has 0 bridgehead atoms. The van der Waals surface area contributed by atoms with E-state index in [1.54, 1.807) is 12.4 Å². The molecule has 1 heterocycles. The van der Waals surface area contributed by atoms with Crippen LogP contribution in [-0.4, -0.2) is 30.1 Å². The molecule has 0 radical (unpaired) electrons. The highest BCUT2D eigenvalue weighted by molar-refractivity contribution is 5.35. The van der Waals surface area contributed by atoms with E-state index in [0.29, 0.717) is 0 Å². The van der Waals surface area contributed by atoms with Crippen LogP contribution < -0.4 is 10.2 Å². The van der Waals surface area contributed by atoms with Gasteiger partial charge in [0.15, 0.2) is 0 Å². The summed E-state index contributed by atoms with van der Waals surface area (Å²) >= 11 is 0. The number of likely N-dealkylation sites (N-methyl/N-ethyl adjacent to an activating group) is 1. The van der Waals surface area contributed by atoms with Gasteiger partial charge in [-0.15, -0.1) is 6.58 Å². The molecule has 0 aliphatic rings. The Balaban J connectivity index is 2.68. The summed E-state index contributed by atoms with van der Waals surface area (Å²) in [6.07, 6.45) is 5.39. The fourth-order valence-corrected chi connectivity index (χ4v) is 1.20. The predicted molar refractivity (Wildman–Crippen MR) is 62.9 cm³/mol. The van der Waals surface area contributed by atoms with E-state index in [0.717, 1.165) is 31.1 Å². The number of hydrogen-bond donors (Lipinski definition) is 1. The zero-order chi connectivity index (χ0) is 11.1. The lowest BCUT2D eigenvalue weighted by molar-refractivity contribution is 0.705. The average Bonchev–Trinajstić information content (AvgIpc) is 2.27. The van der Waals surface area contributed by atoms with Crippen molar-refractivity contribution in [1.82, 2.24) is 15.3 Å². The Kier molecular flexibility index (Phi) is 4.77. The molecule has 1 aromatic rings. The van der Waals surface area contributed by atoms with Gasteiger partial charge in [0.2, 0.25) is 0 Å². The second-order valence-electron chi connectivity index (χ2n) is 3.32. The molecule has 4 heteroatoms. The van der Waals surface area contributed by atoms with Crippen LogP contribution in [-0.2, 0) is 6.54 Å². The molecule has 4 nitrogen and oxygen atoms in total. The molecular formula is C11H18N4. The van der Waals surface area contributed by atoms with E-state index >= 15 is 0 Å². The number of aromatic nitrogens is 2. The van der Waals surface area contributed by atoms with Gasteiger partial charge in [-0.2, -0.15) is 0 Å². The normalized spacial score (nSPS) is 10.0. The van der Waals surface area contributed by atoms with E-state index in [1.165, 1.54) is 0 Å². The van der Waals surface area contributed by atoms with Crippen molar-refractivity contribution >= 4 is 5.82 Å². The van der Waals surface area contributed by atoms with Gasteiger partial charge >= 0.3 is 0 Å². The molecule has 82 valence electrons. The van der Waals surface area contributed by atoms with E-state index in [2.05, 4.69) is 28.8 Å². The number of anilines is 1. The summed E-state index contributed by atoms with van der Waals surface area (Å²) in [7, 11) is 1.97. The van der Waals surface area contributed by atoms with Gasteiger partial charge in [-0.05, 0) is 6.54 Å². The Hall–Kier alpha value is -1.42. The zero-order valence-electron chi connectivity index (χ0n) is 9.40. The van der Waals surface area contributed by atoms with Crippen LogP contribution in [0.1, 0.15) is 12.6 Å². The van der Waals surface area contributed by atoms with Crippen molar-refractivity contribution in [2.24, 2.45) is 0 Å². The molecule has 0 saturated carbocycles. The van der Waals surface area contributed by atoms with Gasteiger partial charge in [-0.1, -0.05) is 13.0 Å². The molecule has 0 fully saturated rings. The monoisotopic (exact) mass is 206 g/mol. The van der Waals surface area contributed by atoms with E-state index in [1.807, 2.05) is 18.0 Å². The minimum atomic E-state index is 0.763. The van der Waals surface area contributed by atoms with Gasteiger partial charge in [0.1, 0.15) is 5.82 Å². The summed E-state index contributed by atoms with van der Waals surface area (Å²) < 4.78 is 0. The van der Waals surface area contributed by atoms with Crippen LogP contribution >= 0.6 is 0 Å². The SMILES string of the molecule is C=CCN(C)c1cncc(CNCC)n1. The summed E-state index contributed by atoms with van der Waals surface area (Å²) in [4.78, 5) is 10.7. The largest absolute Gasteiger partial charge is 0.355 e. The Morgan fingerprint density at radius 2 is 2.33 bits per heavy atom. The van der Waals surface area contributed by atoms with Gasteiger partial charge < -0.3 is 10.2 Å². The molecule has 1 N–H and O–H groups in total. The molecule has 0 aliphatic heterocycles. The van der Waals surface area contributed by atoms with E-state index in [-0.39, 0.29) is 0 Å². The van der Waals surface area contributed by atoms with E-state index in [4.69, 9.17) is 0 Å². The van der Waals surface area contributed by atoms with Crippen molar-refractivity contribution in [2.45, 2.75) is 13.5 Å². The lowest BCUT2D eigenvalue weighted by Gasteiger charge is -2.15. The standard InChI is InChI=1S/C11H18N4/c1-4-6-15(3)11-9-13-8-10(14-11)7-12-5-2/h4,8-9,12H,1,5-7H2,2-3H3. The number of hydrogen-bond acceptors (Lipinski definition) is 4. The molecule has 0 amide bonds. The van der Waals surface area contributed by atoms with Gasteiger partial charge in [-0.3, -0.25) is 4.98 Å². The summed E-state index contributed by atoms with van der Waals surface area (Å²) in [6, 6.07) is 0. The van der Waals surface area contributed by atoms with E-state index < -0.39 is 0 Å². The molecule has 0 saturated heterocycles. The Labute approximate surface area is 91.0 Å². The average molecular weight is 206 g/mol. The van der Waals surface area contributed by atoms with E-state index in [9.17, 15) is 0 Å². The molecule has 15 heavy (non-hydrogen) atoms. The number of nitrogens with one attached hydrogen (secondary N) is 1. The van der Waals surface area contributed by atoms with Crippen LogP contribution in [0.25, 0.3) is 0 Å². The first kappa shape index (κ1) is 11.7. The first-order valence-corrected chi connectivity index (χ1v) is 5.11. The molecule has 1 aromatic heterocycles. The quantitative estimate of drug-likeness (QED) is 0.710. The lowest BCUT2D eigenvalue weighted by Crippen LogP contribution is -2.20. The smallest absolute Gasteiger partial charge is 0.147 e. The minimum Gasteiger partial charge on any atom is -0.355 e. The first-order valence-electron chi connectivity index (χ1n) is 5.11. The maximum Gasteiger partial charge on any atom is 0.147 e. The Bertz CT molecular complexity index is 311. The second-order valence-corrected chi connectivity index (χ2v) is 3.32. The van der Waals surface area contributed by atoms with Crippen molar-refractivity contribution in [2.75, 3.05) is 25.0 Å². The minimum absolute atomic E-state index is 0.763. The summed E-state index contributed by atoms with van der Waals surface area (Å²) in [5.74, 6) is 0.880. The topological polar surface area (TPSA) is 41.1 Å². The van der Waals surface area contributed by atoms with Crippen LogP contribution in [0.3, 0.4) is 0 Å². The molecule has 0 aromatic carbocycles. The fraction of sp³-hybridized carbons (Fsp3) is 0.455. The molecule has 1 rings (SSSR count). The molecule has 0 spiro atoms. The van der Waals surface area contributed by atoms with Crippen LogP contribution in [0.4, 0.5) is 5.82 Å². The molecular weight excluding hydrogens is 188 g/mol. The first-order chi connectivity index (χ1) is 7.27. The second kappa shape index (κ2) is 6.14. The van der Waals surface area contributed by atoms with Gasteiger partial charge in [-0.25, -0.2) is 4.98 Å². The third kappa shape index (κ3) is 3.67. The summed E-state index contributed by atoms with van der Waals surface area (Å²) in [5.41, 5.74) is 0.963. The maximum atomic E-state index is 4.48. The fourth-order valence-electron chi connectivity index (χ4n) is 1.20. The van der Waals surface area contributed by atoms with Crippen molar-refractivity contribution in [3.8, 4) is 0 Å². The highest BCUT2D eigenvalue weighted by Gasteiger charge is 2.02. The Morgan fingerprint density at radius 3 is 3.00 bits per heavy atom. The van der Waals surface area contributed by atoms with Crippen LogP contribution in [0.15, 0.2) is 25.0 Å². The molecule has 0 atom stereocenters. The van der Waals surface area contributed by atoms with Crippen molar-refractivity contribution < 1.29 is 0 Å². The number of nitrogens with zero attached hydrogens (tertiary/aromatic N) is 3. The molecule has 0 unspecified atom stereocenters. The zero-order valence-corrected chi connectivity index (χ0v) is 9.40. The van der Waals surface area contributed by atoms with Gasteiger partial charge in [0, 0.05) is 26.3 Å². The Morgan fingerprint density at radius 1 is 1.53 bits per heavy atom. The van der Waals surface area contributed by atoms with Crippen LogP contribution in [0.2, 0.25) is 0 Å². The highest BCUT2D eigenvalue weighted by atomic mass is 15.2. The molecule has 0 aliphatic carbocycles. The summed E-state index contributed by atoms with van der Waals surface area (Å²) in [5, 5.41) is 3.22. The lowest BCUT2D eigenvalue weighted by atomic mass is 10.4. The highest BCUT2D eigenvalue weighted by Crippen LogP contribution is 2.06. The predicted octanol–water partition coefficient (Wildman–Crippen LogP) is 1.21. The van der Waals surface area contributed by atoms with Crippen LogP contribution in [0, 0.1) is 0 Å². The van der Waals surface area contributed by atoms with Crippen molar-refractivity contribution in [3.63, 3.8) is 0 Å². The van der Waals surface area contributed by atoms with Gasteiger partial charge in [0.05, 0.1) is 11.9 Å². The summed E-state index contributed by atoms with van der Waals surface area (Å²) in [6.45, 7) is 8.25. The maximum absolute atomic E-state index is 4.48. The third-order valence-electron chi connectivity index (χ3n) is 2.02. The number of rotatable bonds is 6. The van der Waals surface area contributed by atoms with Gasteiger partial charge in [0.25, 0.3) is 0 Å². The van der Waals surface area contributed by atoms with Crippen molar-refractivity contribution in [3.05, 3.63) is 30.7 Å². The van der Waals surface area contributed by atoms with Crippen molar-refractivity contribution in [1.29, 1.82) is 0 Å².